The van der Waals surface area contributed by atoms with Gasteiger partial charge >= 0.3 is 0 Å². The Labute approximate surface area is 127 Å². The van der Waals surface area contributed by atoms with Crippen LogP contribution in [-0.2, 0) is 6.54 Å². The molecule has 0 radical (unpaired) electrons. The lowest BCUT2D eigenvalue weighted by Crippen LogP contribution is -1.96. The highest BCUT2D eigenvalue weighted by molar-refractivity contribution is 6.40. The van der Waals surface area contributed by atoms with Gasteiger partial charge in [-0.2, -0.15) is 0 Å². The van der Waals surface area contributed by atoms with Crippen LogP contribution in [-0.4, -0.2) is 9.55 Å². The van der Waals surface area contributed by atoms with Gasteiger partial charge in [-0.3, -0.25) is 0 Å². The Kier molecular flexibility index (Phi) is 9.36. The van der Waals surface area contributed by atoms with Crippen LogP contribution in [0.15, 0.2) is 6.33 Å². The van der Waals surface area contributed by atoms with Crippen molar-refractivity contribution in [2.45, 2.75) is 77.7 Å². The number of imidazole rings is 1. The zero-order valence-corrected chi connectivity index (χ0v) is 13.5. The van der Waals surface area contributed by atoms with Crippen LogP contribution in [0.4, 0.5) is 0 Å². The molecule has 1 heterocycles. The summed E-state index contributed by atoms with van der Waals surface area (Å²) >= 11 is 11.8. The molecule has 0 unspecified atom stereocenters. The SMILES string of the molecule is CCCCCCCCCCCCn1cnc(Cl)c1Cl. The predicted molar refractivity (Wildman–Crippen MR) is 84.1 cm³/mol. The van der Waals surface area contributed by atoms with Crippen LogP contribution in [0.25, 0.3) is 0 Å². The third kappa shape index (κ3) is 7.22. The number of hydrogen-bond acceptors (Lipinski definition) is 1. The van der Waals surface area contributed by atoms with Gasteiger partial charge < -0.3 is 4.57 Å². The zero-order valence-electron chi connectivity index (χ0n) is 12.0. The first kappa shape index (κ1) is 16.8. The Morgan fingerprint density at radius 2 is 1.42 bits per heavy atom. The maximum atomic E-state index is 6.00. The van der Waals surface area contributed by atoms with E-state index in [1.54, 1.807) is 6.33 Å². The quantitative estimate of drug-likeness (QED) is 0.451. The topological polar surface area (TPSA) is 17.8 Å². The summed E-state index contributed by atoms with van der Waals surface area (Å²) in [5.41, 5.74) is 0. The van der Waals surface area contributed by atoms with Crippen molar-refractivity contribution in [3.63, 3.8) is 0 Å². The Hall–Kier alpha value is -0.210. The molecule has 110 valence electrons. The molecule has 0 saturated heterocycles. The van der Waals surface area contributed by atoms with Crippen LogP contribution >= 0.6 is 23.2 Å². The van der Waals surface area contributed by atoms with Gasteiger partial charge in [0.15, 0.2) is 5.15 Å². The Bertz CT molecular complexity index is 337. The fraction of sp³-hybridized carbons (Fsp3) is 0.800. The largest absolute Gasteiger partial charge is 0.320 e. The van der Waals surface area contributed by atoms with Crippen LogP contribution in [0.2, 0.25) is 10.3 Å². The van der Waals surface area contributed by atoms with Crippen LogP contribution in [0.3, 0.4) is 0 Å². The van der Waals surface area contributed by atoms with Crippen LogP contribution in [0.1, 0.15) is 71.1 Å². The highest BCUT2D eigenvalue weighted by atomic mass is 35.5. The molecular formula is C15H26Cl2N2. The minimum atomic E-state index is 0.411. The molecule has 1 aromatic rings. The van der Waals surface area contributed by atoms with E-state index < -0.39 is 0 Å². The van der Waals surface area contributed by atoms with E-state index >= 15 is 0 Å². The van der Waals surface area contributed by atoms with Gasteiger partial charge in [0, 0.05) is 6.54 Å². The van der Waals surface area contributed by atoms with Crippen molar-refractivity contribution in [1.29, 1.82) is 0 Å². The van der Waals surface area contributed by atoms with Gasteiger partial charge in [-0.1, -0.05) is 87.9 Å². The van der Waals surface area contributed by atoms with Gasteiger partial charge in [0.05, 0.1) is 6.33 Å². The Morgan fingerprint density at radius 3 is 1.89 bits per heavy atom. The van der Waals surface area contributed by atoms with Crippen molar-refractivity contribution in [3.05, 3.63) is 16.6 Å². The average molecular weight is 305 g/mol. The minimum Gasteiger partial charge on any atom is -0.320 e. The maximum Gasteiger partial charge on any atom is 0.166 e. The third-order valence-corrected chi connectivity index (χ3v) is 4.25. The van der Waals surface area contributed by atoms with E-state index in [2.05, 4.69) is 11.9 Å². The second kappa shape index (κ2) is 10.6. The lowest BCUT2D eigenvalue weighted by Gasteiger charge is -2.04. The van der Waals surface area contributed by atoms with Crippen molar-refractivity contribution in [1.82, 2.24) is 9.55 Å². The number of aryl methyl sites for hydroxylation is 1. The molecule has 0 atom stereocenters. The van der Waals surface area contributed by atoms with Gasteiger partial charge in [-0.25, -0.2) is 4.98 Å². The second-order valence-corrected chi connectivity index (χ2v) is 5.92. The molecule has 4 heteroatoms. The van der Waals surface area contributed by atoms with Crippen molar-refractivity contribution >= 4 is 23.2 Å². The van der Waals surface area contributed by atoms with Crippen molar-refractivity contribution < 1.29 is 0 Å². The van der Waals surface area contributed by atoms with Crippen LogP contribution < -0.4 is 0 Å². The summed E-state index contributed by atoms with van der Waals surface area (Å²) in [6.07, 6.45) is 15.2. The Balaban J connectivity index is 1.90. The Morgan fingerprint density at radius 1 is 0.895 bits per heavy atom. The lowest BCUT2D eigenvalue weighted by molar-refractivity contribution is 0.535. The first-order valence-electron chi connectivity index (χ1n) is 7.61. The molecule has 0 aliphatic rings. The molecule has 0 aliphatic carbocycles. The molecular weight excluding hydrogens is 279 g/mol. The number of rotatable bonds is 11. The van der Waals surface area contributed by atoms with Gasteiger partial charge in [0.1, 0.15) is 5.15 Å². The van der Waals surface area contributed by atoms with E-state index in [0.717, 1.165) is 13.0 Å². The molecule has 2 nitrogen and oxygen atoms in total. The molecule has 0 spiro atoms. The lowest BCUT2D eigenvalue weighted by atomic mass is 10.1. The maximum absolute atomic E-state index is 6.00. The fourth-order valence-corrected chi connectivity index (χ4v) is 2.60. The molecule has 0 saturated carbocycles. The highest BCUT2D eigenvalue weighted by Gasteiger charge is 2.04. The molecule has 0 bridgehead atoms. The van der Waals surface area contributed by atoms with Crippen molar-refractivity contribution in [3.8, 4) is 0 Å². The minimum absolute atomic E-state index is 0.411. The summed E-state index contributed by atoms with van der Waals surface area (Å²) in [6, 6.07) is 0. The monoisotopic (exact) mass is 304 g/mol. The second-order valence-electron chi connectivity index (χ2n) is 5.20. The molecule has 1 aromatic heterocycles. The molecule has 0 aromatic carbocycles. The van der Waals surface area contributed by atoms with Gasteiger partial charge in [0.2, 0.25) is 0 Å². The fourth-order valence-electron chi connectivity index (χ4n) is 2.27. The van der Waals surface area contributed by atoms with Gasteiger partial charge in [-0.05, 0) is 6.42 Å². The molecule has 19 heavy (non-hydrogen) atoms. The van der Waals surface area contributed by atoms with Gasteiger partial charge in [-0.15, -0.1) is 0 Å². The first-order valence-corrected chi connectivity index (χ1v) is 8.37. The van der Waals surface area contributed by atoms with E-state index in [1.807, 2.05) is 4.57 Å². The summed E-state index contributed by atoms with van der Waals surface area (Å²) in [5, 5.41) is 0.978. The summed E-state index contributed by atoms with van der Waals surface area (Å²) in [6.45, 7) is 3.19. The third-order valence-electron chi connectivity index (χ3n) is 3.49. The van der Waals surface area contributed by atoms with E-state index in [-0.39, 0.29) is 0 Å². The highest BCUT2D eigenvalue weighted by Crippen LogP contribution is 2.20. The van der Waals surface area contributed by atoms with Crippen molar-refractivity contribution in [2.75, 3.05) is 0 Å². The van der Waals surface area contributed by atoms with Crippen molar-refractivity contribution in [2.24, 2.45) is 0 Å². The number of unbranched alkanes of at least 4 members (excludes halogenated alkanes) is 9. The standard InChI is InChI=1S/C15H26Cl2N2/c1-2-3-4-5-6-7-8-9-10-11-12-19-13-18-14(16)15(19)17/h13H,2-12H2,1H3. The van der Waals surface area contributed by atoms with Crippen LogP contribution in [0, 0.1) is 0 Å². The predicted octanol–water partition coefficient (Wildman–Crippen LogP) is 6.11. The normalized spacial score (nSPS) is 11.1. The number of aromatic nitrogens is 2. The summed E-state index contributed by atoms with van der Waals surface area (Å²) in [7, 11) is 0. The molecule has 1 rings (SSSR count). The number of halogens is 2. The van der Waals surface area contributed by atoms with E-state index in [1.165, 1.54) is 57.8 Å². The molecule has 0 aliphatic heterocycles. The number of hydrogen-bond donors (Lipinski definition) is 0. The molecule has 0 amide bonds. The smallest absolute Gasteiger partial charge is 0.166 e. The summed E-state index contributed by atoms with van der Waals surface area (Å²) in [5.74, 6) is 0. The van der Waals surface area contributed by atoms with E-state index in [4.69, 9.17) is 23.2 Å². The zero-order chi connectivity index (χ0) is 13.9. The molecule has 0 N–H and O–H groups in total. The van der Waals surface area contributed by atoms with E-state index in [9.17, 15) is 0 Å². The average Bonchev–Trinajstić information content (AvgIpc) is 2.73. The van der Waals surface area contributed by atoms with Gasteiger partial charge in [0.25, 0.3) is 0 Å². The van der Waals surface area contributed by atoms with E-state index in [0.29, 0.717) is 10.3 Å². The summed E-state index contributed by atoms with van der Waals surface area (Å²) in [4.78, 5) is 3.98. The summed E-state index contributed by atoms with van der Waals surface area (Å²) < 4.78 is 1.93. The molecule has 0 fully saturated rings. The number of nitrogens with zero attached hydrogens (tertiary/aromatic N) is 2. The first-order chi connectivity index (χ1) is 9.25. The van der Waals surface area contributed by atoms with Crippen LogP contribution in [0.5, 0.6) is 0 Å².